The lowest BCUT2D eigenvalue weighted by molar-refractivity contribution is -0.916. The molecule has 2 atom stereocenters. The maximum Gasteiger partial charge on any atom is 0.285 e. The van der Waals surface area contributed by atoms with Crippen LogP contribution in [0, 0.1) is 0 Å². The lowest BCUT2D eigenvalue weighted by Gasteiger charge is -2.27. The van der Waals surface area contributed by atoms with Gasteiger partial charge in [0.25, 0.3) is 11.8 Å². The van der Waals surface area contributed by atoms with E-state index in [-0.39, 0.29) is 17.9 Å². The van der Waals surface area contributed by atoms with Gasteiger partial charge in [0.1, 0.15) is 6.54 Å². The topological polar surface area (TPSA) is 53.9 Å². The minimum atomic E-state index is -0.269. The lowest BCUT2D eigenvalue weighted by Crippen LogP contribution is -3.09. The summed E-state index contributed by atoms with van der Waals surface area (Å²) in [5.41, 5.74) is 2.71. The molecule has 5 nitrogen and oxygen atoms in total. The van der Waals surface area contributed by atoms with Crippen molar-refractivity contribution in [2.75, 3.05) is 28.2 Å². The molecule has 0 fully saturated rings. The van der Waals surface area contributed by atoms with Crippen LogP contribution in [0.25, 0.3) is 0 Å². The molecular formula is C20H26N3O2+. The van der Waals surface area contributed by atoms with E-state index in [0.29, 0.717) is 12.1 Å². The molecule has 2 N–H and O–H groups in total. The Balaban J connectivity index is 2.21. The van der Waals surface area contributed by atoms with Crippen molar-refractivity contribution < 1.29 is 14.5 Å². The minimum absolute atomic E-state index is 0.0747. The van der Waals surface area contributed by atoms with Gasteiger partial charge in [0.15, 0.2) is 6.04 Å². The molecule has 5 heteroatoms. The molecule has 0 bridgehead atoms. The van der Waals surface area contributed by atoms with Crippen molar-refractivity contribution in [3.8, 4) is 0 Å². The summed E-state index contributed by atoms with van der Waals surface area (Å²) in [5.74, 6) is -0.0251. The van der Waals surface area contributed by atoms with Crippen LogP contribution in [0.2, 0.25) is 0 Å². The number of nitrogens with one attached hydrogen (secondary N) is 2. The van der Waals surface area contributed by atoms with Crippen molar-refractivity contribution in [3.05, 3.63) is 71.3 Å². The van der Waals surface area contributed by atoms with Gasteiger partial charge in [-0.15, -0.1) is 0 Å². The fourth-order valence-electron chi connectivity index (χ4n) is 2.88. The molecule has 1 unspecified atom stereocenters. The molecule has 132 valence electrons. The summed E-state index contributed by atoms with van der Waals surface area (Å²) in [6.45, 7) is 0.688. The Morgan fingerprint density at radius 2 is 1.64 bits per heavy atom. The quantitative estimate of drug-likeness (QED) is 0.821. The van der Waals surface area contributed by atoms with Crippen LogP contribution < -0.4 is 10.2 Å². The van der Waals surface area contributed by atoms with Crippen molar-refractivity contribution in [2.45, 2.75) is 12.6 Å². The molecule has 2 aromatic rings. The van der Waals surface area contributed by atoms with Gasteiger partial charge in [-0.05, 0) is 12.1 Å². The summed E-state index contributed by atoms with van der Waals surface area (Å²) in [7, 11) is 7.20. The first-order valence-electron chi connectivity index (χ1n) is 8.33. The first kappa shape index (κ1) is 18.7. The summed E-state index contributed by atoms with van der Waals surface area (Å²) < 4.78 is 0. The summed E-state index contributed by atoms with van der Waals surface area (Å²) in [6, 6.07) is 17.1. The third-order valence-electron chi connectivity index (χ3n) is 4.24. The zero-order valence-electron chi connectivity index (χ0n) is 15.2. The summed E-state index contributed by atoms with van der Waals surface area (Å²) in [5, 5.41) is 2.61. The number of quaternary nitrogens is 1. The number of likely N-dealkylation sites (N-methyl/N-ethyl adjacent to an activating group) is 2. The number of carbonyl (C=O) groups is 2. The van der Waals surface area contributed by atoms with Gasteiger partial charge in [0.2, 0.25) is 0 Å². The van der Waals surface area contributed by atoms with Gasteiger partial charge >= 0.3 is 0 Å². The molecule has 0 radical (unpaired) electrons. The highest BCUT2D eigenvalue weighted by molar-refractivity contribution is 5.93. The highest BCUT2D eigenvalue weighted by Crippen LogP contribution is 2.12. The monoisotopic (exact) mass is 340 g/mol. The standard InChI is InChI=1S/C20H25N3O2/c1-21-19(24)17-12-10-15(11-13-17)14-23(4)18(20(25)22(2)3)16-8-6-5-7-9-16/h5-13,18H,14H2,1-4H3,(H,21,24)/p+1/t18-/m1/s1. The van der Waals surface area contributed by atoms with Gasteiger partial charge in [-0.25, -0.2) is 0 Å². The maximum absolute atomic E-state index is 12.7. The van der Waals surface area contributed by atoms with Crippen molar-refractivity contribution in [2.24, 2.45) is 0 Å². The van der Waals surface area contributed by atoms with Gasteiger partial charge in [-0.3, -0.25) is 9.59 Å². The smallest absolute Gasteiger partial charge is 0.285 e. The third kappa shape index (κ3) is 4.67. The molecule has 0 heterocycles. The van der Waals surface area contributed by atoms with Gasteiger partial charge in [-0.2, -0.15) is 0 Å². The molecule has 0 aliphatic carbocycles. The van der Waals surface area contributed by atoms with Crippen LogP contribution in [0.15, 0.2) is 54.6 Å². The van der Waals surface area contributed by atoms with Crippen LogP contribution in [0.3, 0.4) is 0 Å². The predicted octanol–water partition coefficient (Wildman–Crippen LogP) is 0.890. The number of hydrogen-bond donors (Lipinski definition) is 2. The van der Waals surface area contributed by atoms with E-state index in [2.05, 4.69) is 5.32 Å². The van der Waals surface area contributed by atoms with Gasteiger partial charge < -0.3 is 15.1 Å². The molecule has 2 rings (SSSR count). The molecule has 2 aromatic carbocycles. The van der Waals surface area contributed by atoms with Crippen LogP contribution in [-0.2, 0) is 11.3 Å². The van der Waals surface area contributed by atoms with Crippen LogP contribution in [0.5, 0.6) is 0 Å². The van der Waals surface area contributed by atoms with Gasteiger partial charge in [0, 0.05) is 37.8 Å². The Hall–Kier alpha value is -2.66. The van der Waals surface area contributed by atoms with Crippen LogP contribution in [0.4, 0.5) is 0 Å². The van der Waals surface area contributed by atoms with Gasteiger partial charge in [-0.1, -0.05) is 42.5 Å². The largest absolute Gasteiger partial charge is 0.355 e. The van der Waals surface area contributed by atoms with E-state index >= 15 is 0 Å². The zero-order valence-corrected chi connectivity index (χ0v) is 15.2. The average molecular weight is 340 g/mol. The molecule has 0 saturated heterocycles. The Bertz CT molecular complexity index is 711. The summed E-state index contributed by atoms with van der Waals surface area (Å²) >= 11 is 0. The second-order valence-corrected chi connectivity index (χ2v) is 6.38. The lowest BCUT2D eigenvalue weighted by atomic mass is 10.0. The SMILES string of the molecule is CNC(=O)c1ccc(C[NH+](C)[C@@H](C(=O)N(C)C)c2ccccc2)cc1. The summed E-state index contributed by atoms with van der Waals surface area (Å²) in [4.78, 5) is 27.1. The van der Waals surface area contributed by atoms with Crippen LogP contribution in [-0.4, -0.2) is 44.9 Å². The fraction of sp³-hybridized carbons (Fsp3) is 0.300. The van der Waals surface area contributed by atoms with E-state index in [1.165, 1.54) is 0 Å². The number of benzene rings is 2. The minimum Gasteiger partial charge on any atom is -0.355 e. The van der Waals surface area contributed by atoms with E-state index in [1.807, 2.05) is 61.6 Å². The van der Waals surface area contributed by atoms with E-state index in [1.54, 1.807) is 26.0 Å². The Morgan fingerprint density at radius 1 is 1.04 bits per heavy atom. The predicted molar refractivity (Wildman–Crippen MR) is 98.3 cm³/mol. The van der Waals surface area contributed by atoms with Crippen molar-refractivity contribution in [3.63, 3.8) is 0 Å². The Morgan fingerprint density at radius 3 is 2.16 bits per heavy atom. The molecule has 0 aromatic heterocycles. The molecular weight excluding hydrogens is 314 g/mol. The maximum atomic E-state index is 12.7. The number of nitrogens with zero attached hydrogens (tertiary/aromatic N) is 1. The van der Waals surface area contributed by atoms with Crippen molar-refractivity contribution in [1.82, 2.24) is 10.2 Å². The highest BCUT2D eigenvalue weighted by atomic mass is 16.2. The second kappa shape index (κ2) is 8.44. The van der Waals surface area contributed by atoms with E-state index in [4.69, 9.17) is 0 Å². The first-order valence-corrected chi connectivity index (χ1v) is 8.33. The highest BCUT2D eigenvalue weighted by Gasteiger charge is 2.30. The molecule has 0 aliphatic rings. The van der Waals surface area contributed by atoms with Crippen LogP contribution in [0.1, 0.15) is 27.5 Å². The first-order chi connectivity index (χ1) is 11.9. The zero-order chi connectivity index (χ0) is 18.4. The summed E-state index contributed by atoms with van der Waals surface area (Å²) in [6.07, 6.45) is 0. The van der Waals surface area contributed by atoms with E-state index in [9.17, 15) is 9.59 Å². The molecule has 0 spiro atoms. The Labute approximate surface area is 149 Å². The van der Waals surface area contributed by atoms with Crippen molar-refractivity contribution >= 4 is 11.8 Å². The molecule has 0 aliphatic heterocycles. The average Bonchev–Trinajstić information content (AvgIpc) is 2.62. The normalized spacial score (nSPS) is 13.0. The third-order valence-corrected chi connectivity index (χ3v) is 4.24. The van der Waals surface area contributed by atoms with Gasteiger partial charge in [0.05, 0.1) is 7.05 Å². The molecule has 0 saturated carbocycles. The number of hydrogen-bond acceptors (Lipinski definition) is 2. The van der Waals surface area contributed by atoms with E-state index in [0.717, 1.165) is 16.0 Å². The number of amides is 2. The molecule has 25 heavy (non-hydrogen) atoms. The second-order valence-electron chi connectivity index (χ2n) is 6.38. The molecule has 2 amide bonds. The Kier molecular flexibility index (Phi) is 6.31. The van der Waals surface area contributed by atoms with E-state index < -0.39 is 0 Å². The van der Waals surface area contributed by atoms with Crippen LogP contribution >= 0.6 is 0 Å². The fourth-order valence-corrected chi connectivity index (χ4v) is 2.88. The van der Waals surface area contributed by atoms with Crippen molar-refractivity contribution in [1.29, 1.82) is 0 Å². The number of carbonyl (C=O) groups excluding carboxylic acids is 2. The number of rotatable bonds is 6.